The molecule has 1 atom stereocenters. The molecule has 4 heteroatoms. The van der Waals surface area contributed by atoms with Gasteiger partial charge in [-0.2, -0.15) is 9.90 Å². The van der Waals surface area contributed by atoms with E-state index in [1.54, 1.807) is 0 Å². The number of hydrogen-bond acceptors (Lipinski definition) is 0. The van der Waals surface area contributed by atoms with Crippen molar-refractivity contribution < 1.29 is 37.6 Å². The molecule has 0 aromatic rings. The second-order valence-corrected chi connectivity index (χ2v) is 0. The molecule has 0 fully saturated rings. The zero-order valence-electron chi connectivity index (χ0n) is 2.14. The van der Waals surface area contributed by atoms with Gasteiger partial charge in [0.25, 0.3) is 0 Å². The zero-order valence-corrected chi connectivity index (χ0v) is 11.5. The molecule has 0 saturated heterocycles. The summed E-state index contributed by atoms with van der Waals surface area (Å²) in [5.41, 5.74) is 0. The van der Waals surface area contributed by atoms with Crippen LogP contribution in [0.3, 0.4) is 0 Å². The molecule has 1 unspecified atom stereocenters. The molecule has 0 nitrogen and oxygen atoms in total. The van der Waals surface area contributed by atoms with E-state index in [0.717, 1.165) is 0 Å². The Morgan fingerprint density at radius 1 is 1.00 bits per heavy atom. The Bertz CT molecular complexity index is 8.00. The Morgan fingerprint density at radius 2 is 1.00 bits per heavy atom. The molecule has 0 aliphatic rings. The Labute approximate surface area is 70.6 Å². The minimum atomic E-state index is 0. The van der Waals surface area contributed by atoms with Gasteiger partial charge in [-0.3, -0.25) is 0 Å². The third-order valence-electron chi connectivity index (χ3n) is 0. The molecule has 30 valence electrons. The van der Waals surface area contributed by atoms with Crippen molar-refractivity contribution in [3.05, 3.63) is 0 Å². The number of hydrogen-bond donors (Lipinski definition) is 0. The number of rotatable bonds is 0. The van der Waals surface area contributed by atoms with Gasteiger partial charge in [-0.25, -0.2) is 0 Å². The van der Waals surface area contributed by atoms with Crippen LogP contribution >= 0.6 is 9.90 Å². The van der Waals surface area contributed by atoms with Gasteiger partial charge in [0.2, 0.25) is 0 Å². The van der Waals surface area contributed by atoms with Crippen LogP contribution in [0.5, 0.6) is 0 Å². The largest absolute Gasteiger partial charge is 0 e. The molecule has 0 bridgehead atoms. The van der Waals surface area contributed by atoms with Crippen molar-refractivity contribution in [1.29, 1.82) is 0 Å². The van der Waals surface area contributed by atoms with Crippen LogP contribution in [-0.2, 0) is 37.6 Å². The Balaban J connectivity index is 0. The van der Waals surface area contributed by atoms with Crippen molar-refractivity contribution >= 4 is 33.8 Å². The second kappa shape index (κ2) is 18.1. The maximum absolute atomic E-state index is 0. The summed E-state index contributed by atoms with van der Waals surface area (Å²) >= 11 is 0. The maximum atomic E-state index is 0. The van der Waals surface area contributed by atoms with Gasteiger partial charge in [0.05, 0.1) is 0 Å². The molecule has 0 amide bonds. The first-order chi connectivity index (χ1) is 0. The molecule has 0 aliphatic heterocycles. The molecule has 0 rings (SSSR count). The van der Waals surface area contributed by atoms with Crippen molar-refractivity contribution in [2.45, 2.75) is 0 Å². The average molecular weight is 397 g/mol. The quantitative estimate of drug-likeness (QED) is 0.369. The van der Waals surface area contributed by atoms with Gasteiger partial charge in [0.1, 0.15) is 0 Å². The summed E-state index contributed by atoms with van der Waals surface area (Å²) in [6, 6.07) is 0. The van der Waals surface area contributed by atoms with Crippen LogP contribution in [0.25, 0.3) is 0 Å². The van der Waals surface area contributed by atoms with E-state index < -0.39 is 0 Å². The van der Waals surface area contributed by atoms with E-state index >= 15 is 0 Å². The summed E-state index contributed by atoms with van der Waals surface area (Å²) in [5, 5.41) is 0. The first-order valence-electron chi connectivity index (χ1n) is 0. The molecule has 0 aromatic heterocycles. The second-order valence-electron chi connectivity index (χ2n) is 0. The normalized spacial score (nSPS) is 0. The minimum absolute atomic E-state index is 0. The fourth-order valence-electron chi connectivity index (χ4n) is 0. The van der Waals surface area contributed by atoms with E-state index in [1.807, 2.05) is 0 Å². The molecule has 0 aromatic carbocycles. The van der Waals surface area contributed by atoms with E-state index in [-0.39, 0.29) is 71.4 Å². The average Bonchev–Trinajstić information content (AvgIpc) is 0. The predicted molar refractivity (Wildman–Crippen MR) is 19.6 cm³/mol. The molecule has 2 radical (unpaired) electrons. The van der Waals surface area contributed by atoms with Gasteiger partial charge < -0.3 is 0 Å². The monoisotopic (exact) mass is 398 g/mol. The van der Waals surface area contributed by atoms with Crippen LogP contribution in [0.4, 0.5) is 0 Å². The summed E-state index contributed by atoms with van der Waals surface area (Å²) in [7, 11) is 0. The van der Waals surface area contributed by atoms with E-state index in [1.165, 1.54) is 0 Å². The molecule has 0 aliphatic carbocycles. The zero-order chi connectivity index (χ0) is 0. The third-order valence-corrected chi connectivity index (χ3v) is 0. The fourth-order valence-corrected chi connectivity index (χ4v) is 0. The van der Waals surface area contributed by atoms with E-state index in [4.69, 9.17) is 0 Å². The molecule has 0 heterocycles. The van der Waals surface area contributed by atoms with E-state index in [0.29, 0.717) is 0 Å². The van der Waals surface area contributed by atoms with Gasteiger partial charge in [-0.15, -0.1) is 0 Å². The molecule has 0 spiro atoms. The van der Waals surface area contributed by atoms with Crippen molar-refractivity contribution in [2.24, 2.45) is 0 Å². The Morgan fingerprint density at radius 3 is 1.00 bits per heavy atom. The summed E-state index contributed by atoms with van der Waals surface area (Å²) in [6.45, 7) is 0. The van der Waals surface area contributed by atoms with Gasteiger partial charge in [0.15, 0.2) is 0 Å². The summed E-state index contributed by atoms with van der Waals surface area (Å²) in [6.07, 6.45) is 0. The molecular weight excluding hydrogens is 392 g/mol. The van der Waals surface area contributed by atoms with E-state index in [2.05, 4.69) is 0 Å². The Kier molecular flexibility index (Phi) is 146. The van der Waals surface area contributed by atoms with Crippen LogP contribution in [0.15, 0.2) is 0 Å². The minimum Gasteiger partial charge on any atom is 0 e. The van der Waals surface area contributed by atoms with Crippen LogP contribution in [0.2, 0.25) is 0 Å². The molecular formula is H5NiPSnW. The van der Waals surface area contributed by atoms with E-state index in [9.17, 15) is 0 Å². The van der Waals surface area contributed by atoms with Crippen molar-refractivity contribution in [1.82, 2.24) is 0 Å². The predicted octanol–water partition coefficient (Wildman–Crippen LogP) is -0.863. The third kappa shape index (κ3) is 8.83. The van der Waals surface area contributed by atoms with Gasteiger partial charge >= 0.3 is 23.9 Å². The maximum Gasteiger partial charge on any atom is 0 e. The smallest absolute Gasteiger partial charge is 0 e. The molecule has 4 heavy (non-hydrogen) atoms. The summed E-state index contributed by atoms with van der Waals surface area (Å²) in [4.78, 5) is 0. The molecule has 0 N–H and O–H groups in total. The van der Waals surface area contributed by atoms with Gasteiger partial charge in [-0.1, -0.05) is 0 Å². The fraction of sp³-hybridized carbons (Fsp3) is 0. The van der Waals surface area contributed by atoms with Crippen LogP contribution in [0.1, 0.15) is 0 Å². The summed E-state index contributed by atoms with van der Waals surface area (Å²) in [5.74, 6) is 0. The van der Waals surface area contributed by atoms with Crippen molar-refractivity contribution in [3.63, 3.8) is 0 Å². The SMILES string of the molecule is P.[Ni].[SnH2].[W]. The first-order valence-corrected chi connectivity index (χ1v) is 0. The van der Waals surface area contributed by atoms with Crippen molar-refractivity contribution in [3.8, 4) is 0 Å². The first kappa shape index (κ1) is 32.3. The van der Waals surface area contributed by atoms with Crippen molar-refractivity contribution in [2.75, 3.05) is 0 Å². The van der Waals surface area contributed by atoms with Gasteiger partial charge in [-0.05, 0) is 0 Å². The Hall–Kier alpha value is 2.41. The summed E-state index contributed by atoms with van der Waals surface area (Å²) < 4.78 is 0. The van der Waals surface area contributed by atoms with Crippen LogP contribution in [-0.4, -0.2) is 23.9 Å². The topological polar surface area (TPSA) is 0 Å². The standard InChI is InChI=1S/Ni.H3P.Sn.W.2H/h;1H3;;;;. The van der Waals surface area contributed by atoms with Crippen LogP contribution in [0, 0.1) is 0 Å². The van der Waals surface area contributed by atoms with Crippen LogP contribution < -0.4 is 0 Å². The molecule has 0 saturated carbocycles. The van der Waals surface area contributed by atoms with Gasteiger partial charge in [0, 0.05) is 37.6 Å².